The number of methoxy groups -OCH3 is 1. The fourth-order valence-corrected chi connectivity index (χ4v) is 4.53. The number of carbonyl (C=O) groups excluding carboxylic acids is 1. The maximum atomic E-state index is 13.3. The molecule has 1 saturated heterocycles. The van der Waals surface area contributed by atoms with Crippen LogP contribution in [-0.4, -0.2) is 76.0 Å². The number of benzene rings is 1. The largest absolute Gasteiger partial charge is 0.444 e. The van der Waals surface area contributed by atoms with Crippen molar-refractivity contribution in [1.29, 1.82) is 0 Å². The molecule has 9 heteroatoms. The lowest BCUT2D eigenvalue weighted by atomic mass is 10.2. The normalized spacial score (nSPS) is 16.5. The van der Waals surface area contributed by atoms with E-state index in [2.05, 4.69) is 0 Å². The molecule has 1 aliphatic rings. The molecule has 0 radical (unpaired) electrons. The molecule has 1 aromatic rings. The van der Waals surface area contributed by atoms with E-state index in [1.165, 1.54) is 11.4 Å². The van der Waals surface area contributed by atoms with Gasteiger partial charge in [-0.3, -0.25) is 0 Å². The van der Waals surface area contributed by atoms with Gasteiger partial charge in [0.1, 0.15) is 12.4 Å². The second-order valence-electron chi connectivity index (χ2n) is 7.96. The van der Waals surface area contributed by atoms with Gasteiger partial charge in [-0.1, -0.05) is 30.3 Å². The van der Waals surface area contributed by atoms with Gasteiger partial charge >= 0.3 is 6.09 Å². The van der Waals surface area contributed by atoms with Gasteiger partial charge < -0.3 is 19.1 Å². The quantitative estimate of drug-likeness (QED) is 0.456. The Labute approximate surface area is 179 Å². The highest BCUT2D eigenvalue weighted by Crippen LogP contribution is 2.22. The Balaban J connectivity index is 2.10. The molecule has 0 atom stereocenters. The van der Waals surface area contributed by atoms with Crippen LogP contribution in [0.4, 0.5) is 4.79 Å². The molecule has 1 aliphatic heterocycles. The van der Waals surface area contributed by atoms with Gasteiger partial charge in [-0.2, -0.15) is 4.31 Å². The van der Waals surface area contributed by atoms with Crippen LogP contribution >= 0.6 is 0 Å². The molecular formula is C21H32N2O6S. The van der Waals surface area contributed by atoms with Crippen molar-refractivity contribution in [3.05, 3.63) is 40.8 Å². The van der Waals surface area contributed by atoms with Crippen LogP contribution in [0.15, 0.2) is 35.2 Å². The summed E-state index contributed by atoms with van der Waals surface area (Å²) in [6, 6.07) is 9.30. The third kappa shape index (κ3) is 7.39. The van der Waals surface area contributed by atoms with Crippen molar-refractivity contribution in [2.24, 2.45) is 0 Å². The first-order chi connectivity index (χ1) is 14.1. The molecular weight excluding hydrogens is 408 g/mol. The third-order valence-corrected chi connectivity index (χ3v) is 6.41. The first-order valence-corrected chi connectivity index (χ1v) is 11.4. The van der Waals surface area contributed by atoms with Gasteiger partial charge in [0.2, 0.25) is 10.0 Å². The molecule has 0 N–H and O–H groups in total. The van der Waals surface area contributed by atoms with Crippen LogP contribution in [0.1, 0.15) is 32.8 Å². The second-order valence-corrected chi connectivity index (χ2v) is 9.95. The number of piperazine rings is 1. The Bertz CT molecular complexity index is 810. The zero-order valence-corrected chi connectivity index (χ0v) is 19.0. The van der Waals surface area contributed by atoms with E-state index in [4.69, 9.17) is 14.2 Å². The van der Waals surface area contributed by atoms with E-state index in [1.807, 2.05) is 30.3 Å². The van der Waals surface area contributed by atoms with Gasteiger partial charge in [-0.15, -0.1) is 0 Å². The number of nitrogens with zero attached hydrogens (tertiary/aromatic N) is 2. The van der Waals surface area contributed by atoms with Crippen molar-refractivity contribution >= 4 is 22.2 Å². The maximum absolute atomic E-state index is 13.3. The minimum atomic E-state index is -3.70. The van der Waals surface area contributed by atoms with Crippen LogP contribution in [-0.2, 0) is 24.2 Å². The summed E-state index contributed by atoms with van der Waals surface area (Å²) < 4.78 is 43.6. The Morgan fingerprint density at radius 2 is 1.73 bits per heavy atom. The van der Waals surface area contributed by atoms with E-state index in [1.54, 1.807) is 31.7 Å². The zero-order chi connectivity index (χ0) is 22.2. The van der Waals surface area contributed by atoms with Gasteiger partial charge in [0.05, 0.1) is 11.5 Å². The van der Waals surface area contributed by atoms with E-state index in [0.717, 1.165) is 5.56 Å². The number of amides is 1. The first kappa shape index (κ1) is 24.3. The minimum absolute atomic E-state index is 0.104. The molecule has 1 heterocycles. The van der Waals surface area contributed by atoms with Gasteiger partial charge in [0.15, 0.2) is 0 Å². The predicted octanol–water partition coefficient (Wildman–Crippen LogP) is 2.92. The number of sulfonamides is 1. The third-order valence-electron chi connectivity index (χ3n) is 4.38. The number of hydrogen-bond donors (Lipinski definition) is 0. The smallest absolute Gasteiger partial charge is 0.410 e. The monoisotopic (exact) mass is 440 g/mol. The van der Waals surface area contributed by atoms with Crippen LogP contribution < -0.4 is 0 Å². The van der Waals surface area contributed by atoms with Crippen LogP contribution in [0.25, 0.3) is 6.08 Å². The molecule has 0 aromatic heterocycles. The highest BCUT2D eigenvalue weighted by Gasteiger charge is 2.33. The standard InChI is InChI=1S/C21H32N2O6S/c1-21(2,3)29-20(24)22-11-13-23(14-12-22)30(25,26)19(10-15-28-17-27-4)16-18-8-6-5-7-9-18/h5-9,16H,10-15,17H2,1-4H3. The van der Waals surface area contributed by atoms with Gasteiger partial charge in [-0.25, -0.2) is 13.2 Å². The van der Waals surface area contributed by atoms with Crippen molar-refractivity contribution in [3.8, 4) is 0 Å². The van der Waals surface area contributed by atoms with Crippen molar-refractivity contribution in [2.75, 3.05) is 46.7 Å². The number of hydrogen-bond acceptors (Lipinski definition) is 6. The second kappa shape index (κ2) is 10.9. The van der Waals surface area contributed by atoms with E-state index in [0.29, 0.717) is 0 Å². The fourth-order valence-electron chi connectivity index (χ4n) is 2.93. The summed E-state index contributed by atoms with van der Waals surface area (Å²) in [5, 5.41) is 0. The average molecular weight is 441 g/mol. The highest BCUT2D eigenvalue weighted by molar-refractivity contribution is 7.93. The number of rotatable bonds is 8. The van der Waals surface area contributed by atoms with E-state index in [9.17, 15) is 13.2 Å². The highest BCUT2D eigenvalue weighted by atomic mass is 32.2. The molecule has 1 fully saturated rings. The average Bonchev–Trinajstić information content (AvgIpc) is 2.70. The Hall–Kier alpha value is -1.94. The minimum Gasteiger partial charge on any atom is -0.444 e. The molecule has 0 bridgehead atoms. The van der Waals surface area contributed by atoms with Crippen LogP contribution in [0.2, 0.25) is 0 Å². The van der Waals surface area contributed by atoms with Crippen LogP contribution in [0.3, 0.4) is 0 Å². The zero-order valence-electron chi connectivity index (χ0n) is 18.2. The number of ether oxygens (including phenoxy) is 3. The van der Waals surface area contributed by atoms with Crippen molar-refractivity contribution in [2.45, 2.75) is 32.8 Å². The molecule has 1 aromatic carbocycles. The molecule has 0 aliphatic carbocycles. The summed E-state index contributed by atoms with van der Waals surface area (Å²) in [5.74, 6) is 0. The Morgan fingerprint density at radius 1 is 1.10 bits per heavy atom. The molecule has 2 rings (SSSR count). The molecule has 1 amide bonds. The fraction of sp³-hybridized carbons (Fsp3) is 0.571. The Morgan fingerprint density at radius 3 is 2.30 bits per heavy atom. The lowest BCUT2D eigenvalue weighted by Crippen LogP contribution is -2.51. The van der Waals surface area contributed by atoms with Crippen molar-refractivity contribution in [3.63, 3.8) is 0 Å². The molecule has 0 unspecified atom stereocenters. The summed E-state index contributed by atoms with van der Waals surface area (Å²) in [6.07, 6.45) is 1.48. The molecule has 168 valence electrons. The van der Waals surface area contributed by atoms with E-state index < -0.39 is 21.7 Å². The van der Waals surface area contributed by atoms with Crippen LogP contribution in [0, 0.1) is 0 Å². The lowest BCUT2D eigenvalue weighted by molar-refractivity contribution is -0.0287. The summed E-state index contributed by atoms with van der Waals surface area (Å²) in [4.78, 5) is 14.1. The molecule has 0 saturated carbocycles. The Kier molecular flexibility index (Phi) is 8.84. The van der Waals surface area contributed by atoms with Crippen molar-refractivity contribution < 1.29 is 27.4 Å². The lowest BCUT2D eigenvalue weighted by Gasteiger charge is -2.35. The summed E-state index contributed by atoms with van der Waals surface area (Å²) in [5.41, 5.74) is 0.212. The topological polar surface area (TPSA) is 85.4 Å². The molecule has 30 heavy (non-hydrogen) atoms. The summed E-state index contributed by atoms with van der Waals surface area (Å²) >= 11 is 0. The maximum Gasteiger partial charge on any atom is 0.410 e. The molecule has 0 spiro atoms. The van der Waals surface area contributed by atoms with E-state index in [-0.39, 0.29) is 50.9 Å². The summed E-state index contributed by atoms with van der Waals surface area (Å²) in [6.45, 7) is 6.74. The van der Waals surface area contributed by atoms with Crippen LogP contribution in [0.5, 0.6) is 0 Å². The van der Waals surface area contributed by atoms with Gasteiger partial charge in [0, 0.05) is 39.7 Å². The molecule has 8 nitrogen and oxygen atoms in total. The van der Waals surface area contributed by atoms with Gasteiger partial charge in [0.25, 0.3) is 0 Å². The van der Waals surface area contributed by atoms with Gasteiger partial charge in [-0.05, 0) is 32.4 Å². The predicted molar refractivity (Wildman–Crippen MR) is 115 cm³/mol. The first-order valence-electron chi connectivity index (χ1n) is 9.94. The SMILES string of the molecule is COCOCCC(=Cc1ccccc1)S(=O)(=O)N1CCN(C(=O)OC(C)(C)C)CC1. The van der Waals surface area contributed by atoms with Crippen molar-refractivity contribution in [1.82, 2.24) is 9.21 Å². The number of carbonyl (C=O) groups is 1. The summed E-state index contributed by atoms with van der Waals surface area (Å²) in [7, 11) is -2.18. The van der Waals surface area contributed by atoms with E-state index >= 15 is 0 Å².